The molecule has 0 aliphatic heterocycles. The Balaban J connectivity index is 4.16. The van der Waals surface area contributed by atoms with Crippen LogP contribution in [-0.2, 0) is 9.59 Å². The number of hydrogen-bond donors (Lipinski definition) is 1. The molecular weight excluding hydrogens is 144 g/mol. The van der Waals surface area contributed by atoms with E-state index in [-0.39, 0.29) is 0 Å². The van der Waals surface area contributed by atoms with Gasteiger partial charge in [-0.3, -0.25) is 4.79 Å². The lowest BCUT2D eigenvalue weighted by Crippen LogP contribution is -1.97. The summed E-state index contributed by atoms with van der Waals surface area (Å²) in [6.07, 6.45) is 2.07. The molecule has 0 aliphatic carbocycles. The average Bonchev–Trinajstić information content (AvgIpc) is 1.84. The van der Waals surface area contributed by atoms with Crippen LogP contribution in [0.2, 0.25) is 0 Å². The largest absolute Gasteiger partial charge is 0.478 e. The number of carbonyl (C=O) groups excluding carboxylic acids is 1. The Kier molecular flexibility index (Phi) is 4.18. The number of aliphatic carboxylic acids is 1. The third kappa shape index (κ3) is 5.33. The van der Waals surface area contributed by atoms with E-state index in [1.165, 1.54) is 0 Å². The van der Waals surface area contributed by atoms with Gasteiger partial charge in [0.05, 0.1) is 0 Å². The minimum absolute atomic E-state index is 0.311. The summed E-state index contributed by atoms with van der Waals surface area (Å²) in [4.78, 5) is 20.4. The zero-order valence-corrected chi connectivity index (χ0v) is 6.70. The molecule has 0 atom stereocenters. The first-order valence-electron chi connectivity index (χ1n) is 3.45. The number of allylic oxidation sites excluding steroid dienone is 1. The van der Waals surface area contributed by atoms with Crippen LogP contribution in [0, 0.1) is 5.92 Å². The number of rotatable bonds is 4. The monoisotopic (exact) mass is 156 g/mol. The van der Waals surface area contributed by atoms with Crippen molar-refractivity contribution in [2.75, 3.05) is 0 Å². The Morgan fingerprint density at radius 1 is 1.55 bits per heavy atom. The third-order valence-electron chi connectivity index (χ3n) is 1.10. The molecule has 0 heterocycles. The predicted octanol–water partition coefficient (Wildman–Crippen LogP) is 1.24. The summed E-state index contributed by atoms with van der Waals surface area (Å²) >= 11 is 0. The molecule has 11 heavy (non-hydrogen) atoms. The van der Waals surface area contributed by atoms with Crippen LogP contribution in [0.25, 0.3) is 0 Å². The molecule has 1 N–H and O–H groups in total. The highest BCUT2D eigenvalue weighted by Crippen LogP contribution is 2.07. The number of hydrogen-bond acceptors (Lipinski definition) is 2. The summed E-state index contributed by atoms with van der Waals surface area (Å²) in [6, 6.07) is 0. The molecule has 0 amide bonds. The van der Waals surface area contributed by atoms with Crippen LogP contribution in [0.4, 0.5) is 0 Å². The van der Waals surface area contributed by atoms with Crippen LogP contribution in [-0.4, -0.2) is 17.4 Å². The van der Waals surface area contributed by atoms with Crippen LogP contribution in [0.15, 0.2) is 11.6 Å². The van der Waals surface area contributed by atoms with E-state index in [0.29, 0.717) is 24.2 Å². The highest BCUT2D eigenvalue weighted by Gasteiger charge is 2.01. The Morgan fingerprint density at radius 2 is 2.09 bits per heavy atom. The minimum Gasteiger partial charge on any atom is -0.478 e. The Hall–Kier alpha value is -1.12. The van der Waals surface area contributed by atoms with Gasteiger partial charge in [-0.2, -0.15) is 0 Å². The maximum absolute atomic E-state index is 10.2. The molecule has 0 aromatic rings. The van der Waals surface area contributed by atoms with E-state index < -0.39 is 5.97 Å². The first-order valence-corrected chi connectivity index (χ1v) is 3.45. The summed E-state index contributed by atoms with van der Waals surface area (Å²) < 4.78 is 0. The van der Waals surface area contributed by atoms with E-state index in [2.05, 4.69) is 0 Å². The maximum atomic E-state index is 10.2. The molecule has 0 rings (SSSR count). The molecule has 0 aromatic carbocycles. The van der Waals surface area contributed by atoms with Gasteiger partial charge < -0.3 is 5.11 Å². The van der Waals surface area contributed by atoms with Crippen LogP contribution in [0.5, 0.6) is 0 Å². The number of carboxylic acids is 1. The zero-order chi connectivity index (χ0) is 8.85. The summed E-state index contributed by atoms with van der Waals surface area (Å²) in [6.45, 7) is 3.86. The fourth-order valence-electron chi connectivity index (χ4n) is 0.771. The number of carbonyl (C=O) groups is 2. The van der Waals surface area contributed by atoms with Crippen molar-refractivity contribution in [2.24, 2.45) is 5.92 Å². The molecule has 0 fully saturated rings. The molecule has 0 bridgehead atoms. The van der Waals surface area contributed by atoms with Crippen molar-refractivity contribution in [3.8, 4) is 0 Å². The molecule has 0 spiro atoms. The topological polar surface area (TPSA) is 54.4 Å². The van der Waals surface area contributed by atoms with Crippen LogP contribution in [0.1, 0.15) is 20.3 Å². The van der Waals surface area contributed by atoms with Crippen LogP contribution < -0.4 is 0 Å². The number of carboxylic acid groups (broad SMARTS) is 1. The van der Waals surface area contributed by atoms with Gasteiger partial charge >= 0.3 is 5.97 Å². The molecule has 0 saturated heterocycles. The van der Waals surface area contributed by atoms with Gasteiger partial charge in [-0.25, -0.2) is 4.79 Å². The number of aldehydes is 1. The summed E-state index contributed by atoms with van der Waals surface area (Å²) in [5, 5.41) is 8.29. The molecule has 3 heteroatoms. The highest BCUT2D eigenvalue weighted by atomic mass is 16.4. The van der Waals surface area contributed by atoms with E-state index in [9.17, 15) is 9.59 Å². The second-order valence-electron chi connectivity index (χ2n) is 2.77. The summed E-state index contributed by atoms with van der Waals surface area (Å²) in [5.74, 6) is -0.751. The van der Waals surface area contributed by atoms with Gasteiger partial charge in [-0.15, -0.1) is 0 Å². The van der Waals surface area contributed by atoms with Gasteiger partial charge in [-0.05, 0) is 17.9 Å². The molecular formula is C8H12O3. The van der Waals surface area contributed by atoms with Crippen LogP contribution in [0.3, 0.4) is 0 Å². The third-order valence-corrected chi connectivity index (χ3v) is 1.10. The quantitative estimate of drug-likeness (QED) is 0.492. The lowest BCUT2D eigenvalue weighted by Gasteiger charge is -2.01. The molecule has 0 aliphatic rings. The molecule has 3 nitrogen and oxygen atoms in total. The fraction of sp³-hybridized carbons (Fsp3) is 0.500. The van der Waals surface area contributed by atoms with Crippen LogP contribution >= 0.6 is 0 Å². The lowest BCUT2D eigenvalue weighted by molar-refractivity contribution is -0.131. The predicted molar refractivity (Wildman–Crippen MR) is 41.2 cm³/mol. The van der Waals surface area contributed by atoms with Gasteiger partial charge in [0.1, 0.15) is 6.29 Å². The molecule has 0 saturated carbocycles. The first kappa shape index (κ1) is 9.88. The molecule has 0 radical (unpaired) electrons. The van der Waals surface area contributed by atoms with Crippen molar-refractivity contribution >= 4 is 12.3 Å². The van der Waals surface area contributed by atoms with E-state index in [1.54, 1.807) is 0 Å². The minimum atomic E-state index is -1.06. The van der Waals surface area contributed by atoms with Crippen molar-refractivity contribution in [1.29, 1.82) is 0 Å². The summed E-state index contributed by atoms with van der Waals surface area (Å²) in [7, 11) is 0. The Morgan fingerprint density at radius 3 is 2.36 bits per heavy atom. The van der Waals surface area contributed by atoms with Crippen molar-refractivity contribution in [1.82, 2.24) is 0 Å². The van der Waals surface area contributed by atoms with Gasteiger partial charge in [0.25, 0.3) is 0 Å². The SMILES string of the molecule is CC(C)CC(C=O)=CC(=O)O. The second-order valence-corrected chi connectivity index (χ2v) is 2.77. The highest BCUT2D eigenvalue weighted by molar-refractivity contribution is 5.88. The Bertz CT molecular complexity index is 180. The maximum Gasteiger partial charge on any atom is 0.328 e. The second kappa shape index (κ2) is 4.66. The average molecular weight is 156 g/mol. The van der Waals surface area contributed by atoms with Crippen molar-refractivity contribution in [2.45, 2.75) is 20.3 Å². The first-order chi connectivity index (χ1) is 5.06. The van der Waals surface area contributed by atoms with Gasteiger partial charge in [0, 0.05) is 6.08 Å². The van der Waals surface area contributed by atoms with Crippen molar-refractivity contribution < 1.29 is 14.7 Å². The summed E-state index contributed by atoms with van der Waals surface area (Å²) in [5.41, 5.74) is 0.340. The zero-order valence-electron chi connectivity index (χ0n) is 6.70. The molecule has 0 aromatic heterocycles. The van der Waals surface area contributed by atoms with E-state index in [1.807, 2.05) is 13.8 Å². The molecule has 62 valence electrons. The van der Waals surface area contributed by atoms with Crippen molar-refractivity contribution in [3.63, 3.8) is 0 Å². The molecule has 0 unspecified atom stereocenters. The van der Waals surface area contributed by atoms with Gasteiger partial charge in [0.15, 0.2) is 0 Å². The van der Waals surface area contributed by atoms with Gasteiger partial charge in [0.2, 0.25) is 0 Å². The smallest absolute Gasteiger partial charge is 0.328 e. The lowest BCUT2D eigenvalue weighted by atomic mass is 10.0. The van der Waals surface area contributed by atoms with E-state index >= 15 is 0 Å². The van der Waals surface area contributed by atoms with E-state index in [4.69, 9.17) is 5.11 Å². The normalized spacial score (nSPS) is 11.7. The Labute approximate surface area is 65.7 Å². The van der Waals surface area contributed by atoms with E-state index in [0.717, 1.165) is 6.08 Å². The van der Waals surface area contributed by atoms with Gasteiger partial charge in [-0.1, -0.05) is 13.8 Å². The standard InChI is InChI=1S/C8H12O3/c1-6(2)3-7(5-9)4-8(10)11/h4-6H,3H2,1-2H3,(H,10,11). The van der Waals surface area contributed by atoms with Crippen molar-refractivity contribution in [3.05, 3.63) is 11.6 Å². The fourth-order valence-corrected chi connectivity index (χ4v) is 0.771.